The van der Waals surface area contributed by atoms with Crippen LogP contribution in [-0.4, -0.2) is 20.7 Å². The lowest BCUT2D eigenvalue weighted by Crippen LogP contribution is -2.00. The van der Waals surface area contributed by atoms with Gasteiger partial charge in [0.1, 0.15) is 0 Å². The number of rotatable bonds is 7. The fraction of sp³-hybridized carbons (Fsp3) is 0.875. The van der Waals surface area contributed by atoms with E-state index in [0.717, 1.165) is 12.8 Å². The molecule has 0 aromatic heterocycles. The molecule has 0 bridgehead atoms. The van der Waals surface area contributed by atoms with E-state index in [1.165, 1.54) is 38.5 Å². The first-order valence-corrected chi connectivity index (χ1v) is 9.73. The highest BCUT2D eigenvalue weighted by Gasteiger charge is 2.30. The highest BCUT2D eigenvalue weighted by Crippen LogP contribution is 2.37. The van der Waals surface area contributed by atoms with Crippen molar-refractivity contribution in [3.05, 3.63) is 0 Å². The van der Waals surface area contributed by atoms with Gasteiger partial charge in [-0.1, -0.05) is 63.1 Å². The predicted molar refractivity (Wildman–Crippen MR) is 88.0 cm³/mol. The van der Waals surface area contributed by atoms with Gasteiger partial charge in [-0.3, -0.25) is 9.59 Å². The fourth-order valence-electron chi connectivity index (χ4n) is 3.09. The van der Waals surface area contributed by atoms with Crippen LogP contribution in [0.4, 0.5) is 0 Å². The Morgan fingerprint density at radius 2 is 1.20 bits per heavy atom. The molecule has 0 saturated carbocycles. The molecule has 0 N–H and O–H groups in total. The van der Waals surface area contributed by atoms with Crippen LogP contribution in [-0.2, 0) is 9.59 Å². The van der Waals surface area contributed by atoms with E-state index in [-0.39, 0.29) is 11.8 Å². The molecular formula is C16H26O2S2. The molecule has 0 aromatic rings. The Kier molecular flexibility index (Phi) is 6.47. The van der Waals surface area contributed by atoms with Crippen LogP contribution in [0.2, 0.25) is 0 Å². The van der Waals surface area contributed by atoms with Crippen molar-refractivity contribution in [1.29, 1.82) is 0 Å². The van der Waals surface area contributed by atoms with Gasteiger partial charge in [-0.05, 0) is 25.7 Å². The van der Waals surface area contributed by atoms with E-state index in [4.69, 9.17) is 0 Å². The van der Waals surface area contributed by atoms with Gasteiger partial charge in [-0.15, -0.1) is 0 Å². The fourth-order valence-corrected chi connectivity index (χ4v) is 5.74. The van der Waals surface area contributed by atoms with Crippen LogP contribution in [0.15, 0.2) is 0 Å². The first kappa shape index (κ1) is 16.4. The SMILES string of the molecule is CC1CC(CCCCCCC2CC(C)C(=O)S2)SC1=O. The zero-order valence-electron chi connectivity index (χ0n) is 12.6. The smallest absolute Gasteiger partial charge is 0.192 e. The lowest BCUT2D eigenvalue weighted by atomic mass is 10.0. The average Bonchev–Trinajstić information content (AvgIpc) is 2.88. The highest BCUT2D eigenvalue weighted by atomic mass is 32.2. The second-order valence-electron chi connectivity index (χ2n) is 6.38. The third-order valence-electron chi connectivity index (χ3n) is 4.41. The summed E-state index contributed by atoms with van der Waals surface area (Å²) in [6.07, 6.45) is 9.64. The maximum absolute atomic E-state index is 11.5. The van der Waals surface area contributed by atoms with Crippen molar-refractivity contribution in [3.63, 3.8) is 0 Å². The molecule has 20 heavy (non-hydrogen) atoms. The van der Waals surface area contributed by atoms with Crippen LogP contribution >= 0.6 is 23.5 Å². The van der Waals surface area contributed by atoms with Gasteiger partial charge in [0.05, 0.1) is 0 Å². The first-order valence-electron chi connectivity index (χ1n) is 7.97. The summed E-state index contributed by atoms with van der Waals surface area (Å²) in [6, 6.07) is 0. The summed E-state index contributed by atoms with van der Waals surface area (Å²) in [5, 5.41) is 1.96. The summed E-state index contributed by atoms with van der Waals surface area (Å²) in [5.74, 6) is 0.563. The summed E-state index contributed by atoms with van der Waals surface area (Å²) in [4.78, 5) is 22.9. The van der Waals surface area contributed by atoms with Gasteiger partial charge in [0.15, 0.2) is 10.2 Å². The van der Waals surface area contributed by atoms with Crippen LogP contribution in [0, 0.1) is 11.8 Å². The number of thioether (sulfide) groups is 2. The summed E-state index contributed by atoms with van der Waals surface area (Å²) >= 11 is 3.16. The minimum absolute atomic E-state index is 0.281. The van der Waals surface area contributed by atoms with Crippen LogP contribution in [0.5, 0.6) is 0 Å². The van der Waals surface area contributed by atoms with Crippen LogP contribution in [0.3, 0.4) is 0 Å². The highest BCUT2D eigenvalue weighted by molar-refractivity contribution is 8.14. The Morgan fingerprint density at radius 1 is 0.800 bits per heavy atom. The molecule has 4 atom stereocenters. The second kappa shape index (κ2) is 7.88. The molecule has 2 aliphatic heterocycles. The van der Waals surface area contributed by atoms with Gasteiger partial charge in [0.2, 0.25) is 0 Å². The molecule has 2 rings (SSSR count). The summed E-state index contributed by atoms with van der Waals surface area (Å²) in [6.45, 7) is 4.10. The van der Waals surface area contributed by atoms with E-state index < -0.39 is 0 Å². The van der Waals surface area contributed by atoms with Crippen LogP contribution in [0.25, 0.3) is 0 Å². The molecular weight excluding hydrogens is 288 g/mol. The number of carbonyl (C=O) groups is 2. The molecule has 4 heteroatoms. The lowest BCUT2D eigenvalue weighted by Gasteiger charge is -2.09. The summed E-state index contributed by atoms with van der Waals surface area (Å²) < 4.78 is 0. The van der Waals surface area contributed by atoms with E-state index in [9.17, 15) is 9.59 Å². The number of hydrogen-bond acceptors (Lipinski definition) is 4. The number of unbranched alkanes of at least 4 members (excludes halogenated alkanes) is 3. The summed E-state index contributed by atoms with van der Waals surface area (Å²) in [5.41, 5.74) is 0. The van der Waals surface area contributed by atoms with E-state index >= 15 is 0 Å². The van der Waals surface area contributed by atoms with Crippen molar-refractivity contribution in [2.24, 2.45) is 11.8 Å². The van der Waals surface area contributed by atoms with E-state index in [2.05, 4.69) is 13.8 Å². The molecule has 2 fully saturated rings. The van der Waals surface area contributed by atoms with Crippen molar-refractivity contribution < 1.29 is 9.59 Å². The van der Waals surface area contributed by atoms with Crippen molar-refractivity contribution in [2.75, 3.05) is 0 Å². The molecule has 2 aliphatic rings. The van der Waals surface area contributed by atoms with Crippen molar-refractivity contribution in [1.82, 2.24) is 0 Å². The third kappa shape index (κ3) is 4.80. The Morgan fingerprint density at radius 3 is 1.50 bits per heavy atom. The molecule has 2 saturated heterocycles. The molecule has 0 amide bonds. The van der Waals surface area contributed by atoms with Gasteiger partial charge >= 0.3 is 0 Å². The van der Waals surface area contributed by atoms with Crippen molar-refractivity contribution in [2.45, 2.75) is 75.7 Å². The van der Waals surface area contributed by atoms with E-state index in [1.807, 2.05) is 0 Å². The van der Waals surface area contributed by atoms with Gasteiger partial charge in [-0.25, -0.2) is 0 Å². The topological polar surface area (TPSA) is 34.1 Å². The van der Waals surface area contributed by atoms with Gasteiger partial charge in [-0.2, -0.15) is 0 Å². The molecule has 114 valence electrons. The quantitative estimate of drug-likeness (QED) is 0.640. The van der Waals surface area contributed by atoms with Gasteiger partial charge in [0, 0.05) is 22.3 Å². The summed E-state index contributed by atoms with van der Waals surface area (Å²) in [7, 11) is 0. The Labute approximate surface area is 131 Å². The molecule has 0 aromatic carbocycles. The Balaban J connectivity index is 1.46. The van der Waals surface area contributed by atoms with E-state index in [0.29, 0.717) is 20.7 Å². The second-order valence-corrected chi connectivity index (χ2v) is 8.99. The van der Waals surface area contributed by atoms with Gasteiger partial charge in [0.25, 0.3) is 0 Å². The monoisotopic (exact) mass is 314 g/mol. The minimum Gasteiger partial charge on any atom is -0.287 e. The predicted octanol–water partition coefficient (Wildman–Crippen LogP) is 4.66. The van der Waals surface area contributed by atoms with Crippen molar-refractivity contribution >= 4 is 33.8 Å². The lowest BCUT2D eigenvalue weighted by molar-refractivity contribution is -0.114. The zero-order valence-corrected chi connectivity index (χ0v) is 14.2. The normalized spacial score (nSPS) is 34.1. The molecule has 0 spiro atoms. The standard InChI is InChI=1S/C16H26O2S2/c1-11-9-13(19-15(11)17)7-5-3-4-6-8-14-10-12(2)16(18)20-14/h11-14H,3-10H2,1-2H3. The minimum atomic E-state index is 0.281. The maximum Gasteiger partial charge on any atom is 0.192 e. The molecule has 0 radical (unpaired) electrons. The van der Waals surface area contributed by atoms with Gasteiger partial charge < -0.3 is 0 Å². The van der Waals surface area contributed by atoms with Crippen molar-refractivity contribution in [3.8, 4) is 0 Å². The Hall–Kier alpha value is 0.0400. The average molecular weight is 315 g/mol. The largest absolute Gasteiger partial charge is 0.287 e. The molecule has 2 heterocycles. The first-order chi connectivity index (χ1) is 9.56. The molecule has 4 unspecified atom stereocenters. The van der Waals surface area contributed by atoms with Crippen LogP contribution < -0.4 is 0 Å². The Bertz CT molecular complexity index is 322. The third-order valence-corrected chi connectivity index (χ3v) is 7.20. The number of hydrogen-bond donors (Lipinski definition) is 0. The maximum atomic E-state index is 11.5. The number of carbonyl (C=O) groups excluding carboxylic acids is 2. The molecule has 2 nitrogen and oxygen atoms in total. The van der Waals surface area contributed by atoms with Crippen LogP contribution in [0.1, 0.15) is 65.2 Å². The van der Waals surface area contributed by atoms with E-state index in [1.54, 1.807) is 23.5 Å². The molecule has 0 aliphatic carbocycles. The zero-order chi connectivity index (χ0) is 14.5.